The van der Waals surface area contributed by atoms with E-state index in [1.165, 1.54) is 96.3 Å². The smallest absolute Gasteiger partial charge is 0.305 e. The lowest BCUT2D eigenvalue weighted by atomic mass is 9.99. The summed E-state index contributed by atoms with van der Waals surface area (Å²) >= 11 is 0. The van der Waals surface area contributed by atoms with E-state index in [0.29, 0.717) is 19.4 Å². The molecule has 1 rings (SSSR count). The highest BCUT2D eigenvalue weighted by atomic mass is 16.7. The monoisotopic (exact) mass is 934 g/mol. The Bertz CT molecular complexity index is 1240. The molecular weight excluding hydrogens is 835 g/mol. The number of amides is 1. The summed E-state index contributed by atoms with van der Waals surface area (Å²) in [5.74, 6) is -0.246. The van der Waals surface area contributed by atoms with Gasteiger partial charge in [0, 0.05) is 12.8 Å². The van der Waals surface area contributed by atoms with Crippen molar-refractivity contribution >= 4 is 11.9 Å². The van der Waals surface area contributed by atoms with Gasteiger partial charge in [0.05, 0.1) is 32.0 Å². The normalized spacial score (nSPS) is 20.0. The summed E-state index contributed by atoms with van der Waals surface area (Å²) < 4.78 is 16.6. The van der Waals surface area contributed by atoms with E-state index in [2.05, 4.69) is 55.6 Å². The van der Waals surface area contributed by atoms with Crippen molar-refractivity contribution in [1.29, 1.82) is 0 Å². The zero-order valence-electron chi connectivity index (χ0n) is 41.9. The Hall–Kier alpha value is -2.38. The van der Waals surface area contributed by atoms with Crippen LogP contribution in [0.2, 0.25) is 0 Å². The highest BCUT2D eigenvalue weighted by molar-refractivity contribution is 5.76. The Morgan fingerprint density at radius 1 is 0.561 bits per heavy atom. The van der Waals surface area contributed by atoms with Gasteiger partial charge in [0.25, 0.3) is 0 Å². The first-order valence-electron chi connectivity index (χ1n) is 26.9. The average molecular weight is 934 g/mol. The summed E-state index contributed by atoms with van der Waals surface area (Å²) in [6, 6.07) is -0.821. The molecule has 1 aliphatic heterocycles. The summed E-state index contributed by atoms with van der Waals surface area (Å²) in [6.07, 6.45) is 44.8. The van der Waals surface area contributed by atoms with Crippen LogP contribution in [0.25, 0.3) is 0 Å². The highest BCUT2D eigenvalue weighted by Gasteiger charge is 2.44. The second-order valence-corrected chi connectivity index (χ2v) is 18.6. The fraction of sp³-hybridized carbons (Fsp3) is 0.818. The van der Waals surface area contributed by atoms with Gasteiger partial charge >= 0.3 is 5.97 Å². The van der Waals surface area contributed by atoms with Crippen molar-refractivity contribution in [2.24, 2.45) is 0 Å². The molecule has 0 aromatic heterocycles. The zero-order valence-corrected chi connectivity index (χ0v) is 41.9. The molecule has 1 fully saturated rings. The van der Waals surface area contributed by atoms with Crippen molar-refractivity contribution in [3.05, 3.63) is 48.6 Å². The highest BCUT2D eigenvalue weighted by Crippen LogP contribution is 2.23. The number of hydrogen-bond acceptors (Lipinski definition) is 10. The number of carbonyl (C=O) groups is 2. The Balaban J connectivity index is 2.11. The standard InChI is InChI=1S/C55H99NO10/c1-3-5-7-9-11-13-14-15-20-23-27-31-35-39-43-51(60)64-44-40-36-32-28-24-21-18-16-17-19-22-26-30-34-38-42-50(59)56-47(48(58)41-37-33-29-25-12-10-8-6-4-2)46-65-55-54(63)53(62)52(61)49(45-57)66-55/h9,11,14-15,18,21,37,41,47-49,52-55,57-58,61-63H,3-8,10,12-13,16-17,19-20,22-36,38-40,42-46H2,1-2H3,(H,56,59)/b11-9-,15-14-,21-18-,41-37+. The van der Waals surface area contributed by atoms with Crippen molar-refractivity contribution in [1.82, 2.24) is 5.32 Å². The molecule has 0 bridgehead atoms. The number of allylic oxidation sites excluding steroid dienone is 7. The number of ether oxygens (including phenoxy) is 3. The zero-order chi connectivity index (χ0) is 48.1. The molecule has 1 heterocycles. The van der Waals surface area contributed by atoms with Gasteiger partial charge in [0.15, 0.2) is 6.29 Å². The van der Waals surface area contributed by atoms with Crippen LogP contribution in [0.15, 0.2) is 48.6 Å². The van der Waals surface area contributed by atoms with Gasteiger partial charge in [-0.05, 0) is 83.5 Å². The number of rotatable bonds is 45. The van der Waals surface area contributed by atoms with E-state index in [0.717, 1.165) is 103 Å². The molecule has 0 saturated carbocycles. The number of hydrogen-bond donors (Lipinski definition) is 6. The quantitative estimate of drug-likeness (QED) is 0.0196. The summed E-state index contributed by atoms with van der Waals surface area (Å²) in [5.41, 5.74) is 0. The van der Waals surface area contributed by atoms with E-state index >= 15 is 0 Å². The van der Waals surface area contributed by atoms with Crippen molar-refractivity contribution in [2.75, 3.05) is 19.8 Å². The fourth-order valence-corrected chi connectivity index (χ4v) is 8.03. The molecular formula is C55H99NO10. The molecule has 0 radical (unpaired) electrons. The van der Waals surface area contributed by atoms with Crippen molar-refractivity contribution in [3.63, 3.8) is 0 Å². The third kappa shape index (κ3) is 34.8. The van der Waals surface area contributed by atoms with Crippen LogP contribution in [0.3, 0.4) is 0 Å². The SMILES string of the molecule is CCCC/C=C\C/C=C\CCCCCCCC(=O)OCCCCCC/C=C\CCCCCCCCCC(=O)NC(COC1OC(CO)C(O)C(O)C1O)C(O)/C=C/CCCCCCCCC. The third-order valence-corrected chi connectivity index (χ3v) is 12.4. The molecule has 7 atom stereocenters. The van der Waals surface area contributed by atoms with Gasteiger partial charge in [0.2, 0.25) is 5.91 Å². The van der Waals surface area contributed by atoms with Crippen LogP contribution in [-0.4, -0.2) is 100 Å². The number of aliphatic hydroxyl groups is 5. The van der Waals surface area contributed by atoms with E-state index in [1.807, 2.05) is 6.08 Å². The van der Waals surface area contributed by atoms with Gasteiger partial charge < -0.3 is 45.1 Å². The van der Waals surface area contributed by atoms with Crippen LogP contribution in [0.1, 0.15) is 226 Å². The molecule has 11 nitrogen and oxygen atoms in total. The number of aliphatic hydroxyl groups excluding tert-OH is 5. The lowest BCUT2D eigenvalue weighted by Gasteiger charge is -2.40. The number of unbranched alkanes of at least 4 members (excludes halogenated alkanes) is 25. The lowest BCUT2D eigenvalue weighted by Crippen LogP contribution is -2.60. The Morgan fingerprint density at radius 2 is 1.03 bits per heavy atom. The first-order valence-corrected chi connectivity index (χ1v) is 26.9. The molecule has 1 saturated heterocycles. The predicted molar refractivity (Wildman–Crippen MR) is 269 cm³/mol. The topological polar surface area (TPSA) is 175 Å². The first kappa shape index (κ1) is 61.6. The molecule has 11 heteroatoms. The predicted octanol–water partition coefficient (Wildman–Crippen LogP) is 11.3. The number of esters is 1. The Morgan fingerprint density at radius 3 is 1.59 bits per heavy atom. The molecule has 0 aromatic rings. The van der Waals surface area contributed by atoms with Crippen molar-refractivity contribution in [3.8, 4) is 0 Å². The minimum absolute atomic E-state index is 0.0451. The van der Waals surface area contributed by atoms with Gasteiger partial charge in [-0.25, -0.2) is 0 Å². The summed E-state index contributed by atoms with van der Waals surface area (Å²) in [5, 5.41) is 54.1. The first-order chi connectivity index (χ1) is 32.2. The second-order valence-electron chi connectivity index (χ2n) is 18.6. The average Bonchev–Trinajstić information content (AvgIpc) is 3.31. The van der Waals surface area contributed by atoms with E-state index in [4.69, 9.17) is 14.2 Å². The summed E-state index contributed by atoms with van der Waals surface area (Å²) in [7, 11) is 0. The molecule has 1 amide bonds. The van der Waals surface area contributed by atoms with E-state index in [-0.39, 0.29) is 18.5 Å². The Labute approximate surface area is 402 Å². The Kier molecular flexibility index (Phi) is 42.1. The number of carbonyl (C=O) groups excluding carboxylic acids is 2. The molecule has 0 aromatic carbocycles. The molecule has 6 N–H and O–H groups in total. The van der Waals surface area contributed by atoms with Crippen LogP contribution in [0.4, 0.5) is 0 Å². The molecule has 0 spiro atoms. The fourth-order valence-electron chi connectivity index (χ4n) is 8.03. The van der Waals surface area contributed by atoms with E-state index in [9.17, 15) is 35.1 Å². The second kappa shape index (κ2) is 45.1. The van der Waals surface area contributed by atoms with Crippen LogP contribution in [-0.2, 0) is 23.8 Å². The van der Waals surface area contributed by atoms with Crippen molar-refractivity contribution in [2.45, 2.75) is 269 Å². The third-order valence-electron chi connectivity index (χ3n) is 12.4. The van der Waals surface area contributed by atoms with Gasteiger partial charge in [0.1, 0.15) is 24.4 Å². The molecule has 1 aliphatic rings. The largest absolute Gasteiger partial charge is 0.466 e. The van der Waals surface area contributed by atoms with Gasteiger partial charge in [-0.2, -0.15) is 0 Å². The molecule has 384 valence electrons. The maximum Gasteiger partial charge on any atom is 0.305 e. The molecule has 66 heavy (non-hydrogen) atoms. The van der Waals surface area contributed by atoms with Crippen molar-refractivity contribution < 1.29 is 49.3 Å². The van der Waals surface area contributed by atoms with Crippen LogP contribution in [0, 0.1) is 0 Å². The van der Waals surface area contributed by atoms with Gasteiger partial charge in [-0.3, -0.25) is 9.59 Å². The van der Waals surface area contributed by atoms with E-state index in [1.54, 1.807) is 6.08 Å². The number of nitrogens with one attached hydrogen (secondary N) is 1. The maximum absolute atomic E-state index is 13.0. The lowest BCUT2D eigenvalue weighted by molar-refractivity contribution is -0.302. The van der Waals surface area contributed by atoms with Gasteiger partial charge in [-0.1, -0.05) is 178 Å². The van der Waals surface area contributed by atoms with E-state index < -0.39 is 49.5 Å². The molecule has 0 aliphatic carbocycles. The van der Waals surface area contributed by atoms with Crippen LogP contribution >= 0.6 is 0 Å². The summed E-state index contributed by atoms with van der Waals surface area (Å²) in [6.45, 7) is 4.20. The van der Waals surface area contributed by atoms with Gasteiger partial charge in [-0.15, -0.1) is 0 Å². The van der Waals surface area contributed by atoms with Crippen LogP contribution in [0.5, 0.6) is 0 Å². The molecule has 7 unspecified atom stereocenters. The summed E-state index contributed by atoms with van der Waals surface area (Å²) in [4.78, 5) is 25.0. The minimum Gasteiger partial charge on any atom is -0.466 e. The van der Waals surface area contributed by atoms with Crippen LogP contribution < -0.4 is 5.32 Å². The minimum atomic E-state index is -1.58. The maximum atomic E-state index is 13.0.